The second kappa shape index (κ2) is 5.18. The van der Waals surface area contributed by atoms with Crippen molar-refractivity contribution in [1.82, 2.24) is 0 Å². The van der Waals surface area contributed by atoms with Crippen molar-refractivity contribution in [3.05, 3.63) is 30.3 Å². The molecule has 0 aliphatic heterocycles. The lowest BCUT2D eigenvalue weighted by Gasteiger charge is -2.26. The van der Waals surface area contributed by atoms with Crippen molar-refractivity contribution >= 4 is 21.7 Å². The Labute approximate surface area is 101 Å². The van der Waals surface area contributed by atoms with Gasteiger partial charge in [-0.1, -0.05) is 18.2 Å². The van der Waals surface area contributed by atoms with Crippen molar-refractivity contribution in [2.75, 3.05) is 17.7 Å². The molecule has 0 fully saturated rings. The molecule has 1 unspecified atom stereocenters. The van der Waals surface area contributed by atoms with E-state index >= 15 is 0 Å². The van der Waals surface area contributed by atoms with E-state index in [9.17, 15) is 13.2 Å². The Morgan fingerprint density at radius 3 is 2.24 bits per heavy atom. The smallest absolute Gasteiger partial charge is 0.329 e. The average Bonchev–Trinajstić information content (AvgIpc) is 2.27. The van der Waals surface area contributed by atoms with E-state index in [1.807, 2.05) is 0 Å². The first-order valence-electron chi connectivity index (χ1n) is 5.00. The molecular weight excluding hydrogens is 242 g/mol. The zero-order valence-electron chi connectivity index (χ0n) is 9.95. The van der Waals surface area contributed by atoms with Crippen LogP contribution in [0.3, 0.4) is 0 Å². The molecule has 0 spiro atoms. The van der Waals surface area contributed by atoms with Crippen LogP contribution in [0.15, 0.2) is 30.3 Å². The summed E-state index contributed by atoms with van der Waals surface area (Å²) in [5.41, 5.74) is 0.438. The van der Waals surface area contributed by atoms with Gasteiger partial charge in [-0.3, -0.25) is 4.31 Å². The van der Waals surface area contributed by atoms with Crippen molar-refractivity contribution in [2.45, 2.75) is 13.0 Å². The average molecular weight is 257 g/mol. The molecule has 0 aliphatic rings. The van der Waals surface area contributed by atoms with Crippen molar-refractivity contribution in [1.29, 1.82) is 0 Å². The van der Waals surface area contributed by atoms with Crippen LogP contribution in [0.5, 0.6) is 0 Å². The van der Waals surface area contributed by atoms with Crippen molar-refractivity contribution in [3.8, 4) is 0 Å². The van der Waals surface area contributed by atoms with Gasteiger partial charge in [-0.2, -0.15) is 0 Å². The number of carbonyl (C=O) groups is 1. The molecule has 1 aromatic carbocycles. The van der Waals surface area contributed by atoms with E-state index in [2.05, 4.69) is 4.74 Å². The maximum absolute atomic E-state index is 11.7. The number of benzene rings is 1. The zero-order valence-corrected chi connectivity index (χ0v) is 10.8. The number of rotatable bonds is 4. The summed E-state index contributed by atoms with van der Waals surface area (Å²) in [6, 6.07) is 7.54. The summed E-state index contributed by atoms with van der Waals surface area (Å²) in [6.45, 7) is 1.49. The van der Waals surface area contributed by atoms with Gasteiger partial charge < -0.3 is 4.74 Å². The van der Waals surface area contributed by atoms with Gasteiger partial charge in [-0.05, 0) is 19.1 Å². The molecular formula is C11H15NO4S. The number of anilines is 1. The van der Waals surface area contributed by atoms with Crippen molar-refractivity contribution in [2.24, 2.45) is 0 Å². The third-order valence-electron chi connectivity index (χ3n) is 2.26. The van der Waals surface area contributed by atoms with Gasteiger partial charge in [0, 0.05) is 0 Å². The van der Waals surface area contributed by atoms with Crippen LogP contribution in [0.25, 0.3) is 0 Å². The standard InChI is InChI=1S/C11H15NO4S/c1-9(11(13)16-2)12(17(3,14)15)10-7-5-4-6-8-10/h4-9H,1-3H3. The van der Waals surface area contributed by atoms with Crippen LogP contribution in [-0.4, -0.2) is 33.8 Å². The molecule has 0 saturated heterocycles. The molecule has 17 heavy (non-hydrogen) atoms. The number of methoxy groups -OCH3 is 1. The third kappa shape index (κ3) is 3.20. The fraction of sp³-hybridized carbons (Fsp3) is 0.364. The summed E-state index contributed by atoms with van der Waals surface area (Å²) in [6.07, 6.45) is 1.06. The SMILES string of the molecule is COC(=O)C(C)N(c1ccccc1)S(C)(=O)=O. The van der Waals surface area contributed by atoms with Gasteiger partial charge in [0.05, 0.1) is 19.1 Å². The van der Waals surface area contributed by atoms with Gasteiger partial charge in [0.1, 0.15) is 6.04 Å². The monoisotopic (exact) mass is 257 g/mol. The lowest BCUT2D eigenvalue weighted by atomic mass is 10.2. The van der Waals surface area contributed by atoms with Crippen molar-refractivity contribution in [3.63, 3.8) is 0 Å². The summed E-state index contributed by atoms with van der Waals surface area (Å²) in [5, 5.41) is 0. The quantitative estimate of drug-likeness (QED) is 0.755. The van der Waals surface area contributed by atoms with Crippen LogP contribution in [0.2, 0.25) is 0 Å². The number of para-hydroxylation sites is 1. The van der Waals surface area contributed by atoms with Gasteiger partial charge >= 0.3 is 5.97 Å². The predicted molar refractivity (Wildman–Crippen MR) is 65.2 cm³/mol. The number of ether oxygens (including phenoxy) is 1. The Hall–Kier alpha value is -1.56. The summed E-state index contributed by atoms with van der Waals surface area (Å²) in [7, 11) is -2.31. The molecule has 0 aromatic heterocycles. The normalized spacial score (nSPS) is 12.9. The molecule has 0 amide bonds. The van der Waals surface area contributed by atoms with E-state index in [0.717, 1.165) is 10.6 Å². The molecule has 0 radical (unpaired) electrons. The molecule has 0 N–H and O–H groups in total. The Kier molecular flexibility index (Phi) is 4.11. The molecule has 5 nitrogen and oxygen atoms in total. The Balaban J connectivity index is 3.20. The Morgan fingerprint density at radius 1 is 1.29 bits per heavy atom. The maximum Gasteiger partial charge on any atom is 0.329 e. The summed E-state index contributed by atoms with van der Waals surface area (Å²) in [4.78, 5) is 11.4. The van der Waals surface area contributed by atoms with Crippen LogP contribution in [0.4, 0.5) is 5.69 Å². The maximum atomic E-state index is 11.7. The fourth-order valence-electron chi connectivity index (χ4n) is 1.54. The first kappa shape index (κ1) is 13.5. The van der Waals surface area contributed by atoms with Gasteiger partial charge in [0.25, 0.3) is 0 Å². The second-order valence-corrected chi connectivity index (χ2v) is 5.45. The Bertz CT molecular complexity index is 483. The highest BCUT2D eigenvalue weighted by Gasteiger charge is 2.29. The van der Waals surface area contributed by atoms with E-state index in [1.165, 1.54) is 14.0 Å². The van der Waals surface area contributed by atoms with Crippen LogP contribution in [0, 0.1) is 0 Å². The molecule has 0 heterocycles. The minimum atomic E-state index is -3.54. The summed E-state index contributed by atoms with van der Waals surface area (Å²) < 4.78 is 29.0. The molecule has 0 bridgehead atoms. The van der Waals surface area contributed by atoms with E-state index in [1.54, 1.807) is 30.3 Å². The number of sulfonamides is 1. The van der Waals surface area contributed by atoms with Crippen LogP contribution in [0.1, 0.15) is 6.92 Å². The fourth-order valence-corrected chi connectivity index (χ4v) is 2.71. The molecule has 94 valence electrons. The van der Waals surface area contributed by atoms with E-state index in [-0.39, 0.29) is 0 Å². The summed E-state index contributed by atoms with van der Waals surface area (Å²) >= 11 is 0. The topological polar surface area (TPSA) is 63.7 Å². The van der Waals surface area contributed by atoms with Crippen LogP contribution >= 0.6 is 0 Å². The predicted octanol–water partition coefficient (Wildman–Crippen LogP) is 1.01. The van der Waals surface area contributed by atoms with E-state index < -0.39 is 22.0 Å². The summed E-state index contributed by atoms with van der Waals surface area (Å²) in [5.74, 6) is -0.598. The largest absolute Gasteiger partial charge is 0.467 e. The molecule has 1 rings (SSSR count). The number of nitrogens with zero attached hydrogens (tertiary/aromatic N) is 1. The number of esters is 1. The number of hydrogen-bond acceptors (Lipinski definition) is 4. The Morgan fingerprint density at radius 2 is 1.82 bits per heavy atom. The molecule has 0 saturated carbocycles. The lowest BCUT2D eigenvalue weighted by molar-refractivity contribution is -0.141. The first-order chi connectivity index (χ1) is 7.88. The van der Waals surface area contributed by atoms with Crippen molar-refractivity contribution < 1.29 is 17.9 Å². The van der Waals surface area contributed by atoms with Gasteiger partial charge in [0.2, 0.25) is 10.0 Å². The van der Waals surface area contributed by atoms with E-state index in [0.29, 0.717) is 5.69 Å². The second-order valence-electron chi connectivity index (χ2n) is 3.59. The number of carbonyl (C=O) groups excluding carboxylic acids is 1. The number of hydrogen-bond donors (Lipinski definition) is 0. The van der Waals surface area contributed by atoms with Crippen LogP contribution < -0.4 is 4.31 Å². The lowest BCUT2D eigenvalue weighted by Crippen LogP contribution is -2.43. The molecule has 0 aliphatic carbocycles. The van der Waals surface area contributed by atoms with E-state index in [4.69, 9.17) is 0 Å². The zero-order chi connectivity index (χ0) is 13.1. The molecule has 1 atom stereocenters. The highest BCUT2D eigenvalue weighted by Crippen LogP contribution is 2.20. The molecule has 1 aromatic rings. The highest BCUT2D eigenvalue weighted by atomic mass is 32.2. The van der Waals surface area contributed by atoms with Gasteiger partial charge in [-0.25, -0.2) is 13.2 Å². The highest BCUT2D eigenvalue weighted by molar-refractivity contribution is 7.92. The molecule has 6 heteroatoms. The minimum Gasteiger partial charge on any atom is -0.467 e. The van der Waals surface area contributed by atoms with Gasteiger partial charge in [0.15, 0.2) is 0 Å². The van der Waals surface area contributed by atoms with Crippen LogP contribution in [-0.2, 0) is 19.6 Å². The first-order valence-corrected chi connectivity index (χ1v) is 6.85. The van der Waals surface area contributed by atoms with Gasteiger partial charge in [-0.15, -0.1) is 0 Å². The minimum absolute atomic E-state index is 0.438. The third-order valence-corrected chi connectivity index (χ3v) is 3.50.